The molecular formula is C12H18FNO. The minimum atomic E-state index is -0.390. The third-order valence-corrected chi connectivity index (χ3v) is 2.26. The van der Waals surface area contributed by atoms with Gasteiger partial charge in [0, 0.05) is 11.8 Å². The van der Waals surface area contributed by atoms with Gasteiger partial charge in [-0.05, 0) is 24.5 Å². The molecule has 1 aromatic carbocycles. The largest absolute Gasteiger partial charge is 0.490 e. The summed E-state index contributed by atoms with van der Waals surface area (Å²) in [5, 5.41) is 0. The minimum absolute atomic E-state index is 0.284. The first-order valence-electron chi connectivity index (χ1n) is 5.31. The first-order valence-corrected chi connectivity index (χ1v) is 5.31. The van der Waals surface area contributed by atoms with Crippen LogP contribution < -0.4 is 10.5 Å². The molecule has 0 saturated heterocycles. The van der Waals surface area contributed by atoms with Crippen LogP contribution in [-0.4, -0.2) is 6.61 Å². The summed E-state index contributed by atoms with van der Waals surface area (Å²) < 4.78 is 18.7. The van der Waals surface area contributed by atoms with Crippen LogP contribution >= 0.6 is 0 Å². The van der Waals surface area contributed by atoms with E-state index in [1.54, 1.807) is 12.1 Å². The Kier molecular flexibility index (Phi) is 4.40. The van der Waals surface area contributed by atoms with Gasteiger partial charge in [-0.3, -0.25) is 0 Å². The van der Waals surface area contributed by atoms with Crippen molar-refractivity contribution in [2.24, 2.45) is 5.92 Å². The maximum absolute atomic E-state index is 13.3. The van der Waals surface area contributed by atoms with Crippen molar-refractivity contribution in [2.45, 2.75) is 26.7 Å². The Morgan fingerprint density at radius 1 is 1.47 bits per heavy atom. The molecule has 0 spiro atoms. The zero-order chi connectivity index (χ0) is 11.3. The van der Waals surface area contributed by atoms with E-state index in [-0.39, 0.29) is 5.75 Å². The van der Waals surface area contributed by atoms with Gasteiger partial charge in [0.1, 0.15) is 0 Å². The Labute approximate surface area is 90.2 Å². The molecule has 0 heterocycles. The summed E-state index contributed by atoms with van der Waals surface area (Å²) in [7, 11) is 0. The van der Waals surface area contributed by atoms with Crippen LogP contribution in [0.4, 0.5) is 10.1 Å². The van der Waals surface area contributed by atoms with E-state index >= 15 is 0 Å². The molecule has 0 saturated carbocycles. The Bertz CT molecular complexity index is 314. The minimum Gasteiger partial charge on any atom is -0.490 e. The molecule has 0 aromatic heterocycles. The molecule has 0 radical (unpaired) electrons. The van der Waals surface area contributed by atoms with Crippen molar-refractivity contribution in [3.05, 3.63) is 24.0 Å². The quantitative estimate of drug-likeness (QED) is 0.759. The van der Waals surface area contributed by atoms with E-state index in [4.69, 9.17) is 10.5 Å². The molecule has 0 fully saturated rings. The lowest BCUT2D eigenvalue weighted by Gasteiger charge is -2.12. The second-order valence-corrected chi connectivity index (χ2v) is 3.89. The summed E-state index contributed by atoms with van der Waals surface area (Å²) in [5.41, 5.74) is 5.85. The standard InChI is InChI=1S/C12H18FNO/c1-3-4-9(2)8-15-12-6-5-10(14)7-11(12)13/h5-7,9H,3-4,8,14H2,1-2H3. The fourth-order valence-corrected chi connectivity index (χ4v) is 1.44. The number of anilines is 1. The van der Waals surface area contributed by atoms with Crippen molar-refractivity contribution >= 4 is 5.69 Å². The highest BCUT2D eigenvalue weighted by Crippen LogP contribution is 2.20. The number of nitrogen functional groups attached to an aromatic ring is 1. The van der Waals surface area contributed by atoms with Crippen molar-refractivity contribution in [1.82, 2.24) is 0 Å². The molecule has 84 valence electrons. The van der Waals surface area contributed by atoms with Gasteiger partial charge >= 0.3 is 0 Å². The Balaban J connectivity index is 2.50. The van der Waals surface area contributed by atoms with Crippen LogP contribution in [0, 0.1) is 11.7 Å². The predicted molar refractivity (Wildman–Crippen MR) is 60.4 cm³/mol. The van der Waals surface area contributed by atoms with Gasteiger partial charge in [0.15, 0.2) is 11.6 Å². The van der Waals surface area contributed by atoms with Gasteiger partial charge in [-0.1, -0.05) is 20.3 Å². The molecule has 2 nitrogen and oxygen atoms in total. The second-order valence-electron chi connectivity index (χ2n) is 3.89. The molecule has 1 unspecified atom stereocenters. The molecule has 1 aromatic rings. The van der Waals surface area contributed by atoms with E-state index in [1.807, 2.05) is 0 Å². The number of nitrogens with two attached hydrogens (primary N) is 1. The number of hydrogen-bond acceptors (Lipinski definition) is 2. The molecular weight excluding hydrogens is 193 g/mol. The smallest absolute Gasteiger partial charge is 0.167 e. The molecule has 3 heteroatoms. The van der Waals surface area contributed by atoms with Gasteiger partial charge in [-0.25, -0.2) is 4.39 Å². The highest BCUT2D eigenvalue weighted by molar-refractivity contribution is 5.42. The Hall–Kier alpha value is -1.25. The molecule has 1 rings (SSSR count). The van der Waals surface area contributed by atoms with Crippen LogP contribution in [0.3, 0.4) is 0 Å². The van der Waals surface area contributed by atoms with E-state index in [0.29, 0.717) is 18.2 Å². The van der Waals surface area contributed by atoms with E-state index in [2.05, 4.69) is 13.8 Å². The fraction of sp³-hybridized carbons (Fsp3) is 0.500. The van der Waals surface area contributed by atoms with Crippen LogP contribution in [0.15, 0.2) is 18.2 Å². The molecule has 0 aliphatic carbocycles. The summed E-state index contributed by atoms with van der Waals surface area (Å²) in [5.74, 6) is 0.345. The Morgan fingerprint density at radius 3 is 2.80 bits per heavy atom. The lowest BCUT2D eigenvalue weighted by Crippen LogP contribution is -2.09. The van der Waals surface area contributed by atoms with Crippen molar-refractivity contribution in [1.29, 1.82) is 0 Å². The van der Waals surface area contributed by atoms with E-state index in [1.165, 1.54) is 6.07 Å². The molecule has 1 atom stereocenters. The number of halogens is 1. The first kappa shape index (κ1) is 11.8. The van der Waals surface area contributed by atoms with Gasteiger partial charge in [-0.2, -0.15) is 0 Å². The number of rotatable bonds is 5. The van der Waals surface area contributed by atoms with Gasteiger partial charge < -0.3 is 10.5 Å². The monoisotopic (exact) mass is 211 g/mol. The lowest BCUT2D eigenvalue weighted by atomic mass is 10.1. The second kappa shape index (κ2) is 5.59. The van der Waals surface area contributed by atoms with Crippen LogP contribution in [0.2, 0.25) is 0 Å². The highest BCUT2D eigenvalue weighted by Gasteiger charge is 2.06. The SMILES string of the molecule is CCCC(C)COc1ccc(N)cc1F. The van der Waals surface area contributed by atoms with Gasteiger partial charge in [0.05, 0.1) is 6.61 Å². The maximum Gasteiger partial charge on any atom is 0.167 e. The van der Waals surface area contributed by atoms with Crippen molar-refractivity contribution in [3.63, 3.8) is 0 Å². The van der Waals surface area contributed by atoms with Gasteiger partial charge in [0.2, 0.25) is 0 Å². The molecule has 15 heavy (non-hydrogen) atoms. The summed E-state index contributed by atoms with van der Waals surface area (Å²) >= 11 is 0. The van der Waals surface area contributed by atoms with E-state index < -0.39 is 5.82 Å². The molecule has 2 N–H and O–H groups in total. The van der Waals surface area contributed by atoms with Gasteiger partial charge in [0.25, 0.3) is 0 Å². The summed E-state index contributed by atoms with van der Waals surface area (Å²) in [4.78, 5) is 0. The van der Waals surface area contributed by atoms with Crippen LogP contribution in [0.25, 0.3) is 0 Å². The molecule has 0 aliphatic rings. The average molecular weight is 211 g/mol. The zero-order valence-electron chi connectivity index (χ0n) is 9.29. The number of hydrogen-bond donors (Lipinski definition) is 1. The van der Waals surface area contributed by atoms with E-state index in [0.717, 1.165) is 12.8 Å². The van der Waals surface area contributed by atoms with Crippen molar-refractivity contribution in [2.75, 3.05) is 12.3 Å². The van der Waals surface area contributed by atoms with E-state index in [9.17, 15) is 4.39 Å². The van der Waals surface area contributed by atoms with Crippen molar-refractivity contribution < 1.29 is 9.13 Å². The zero-order valence-corrected chi connectivity index (χ0v) is 9.29. The fourth-order valence-electron chi connectivity index (χ4n) is 1.44. The molecule has 0 aliphatic heterocycles. The van der Waals surface area contributed by atoms with Crippen molar-refractivity contribution in [3.8, 4) is 5.75 Å². The predicted octanol–water partition coefficient (Wildman–Crippen LogP) is 3.22. The number of benzene rings is 1. The number of ether oxygens (including phenoxy) is 1. The first-order chi connectivity index (χ1) is 7.13. The van der Waals surface area contributed by atoms with Crippen LogP contribution in [0.1, 0.15) is 26.7 Å². The summed E-state index contributed by atoms with van der Waals surface area (Å²) in [6.07, 6.45) is 2.21. The molecule has 0 bridgehead atoms. The summed E-state index contributed by atoms with van der Waals surface area (Å²) in [6.45, 7) is 4.77. The highest BCUT2D eigenvalue weighted by atomic mass is 19.1. The maximum atomic E-state index is 13.3. The van der Waals surface area contributed by atoms with Crippen LogP contribution in [-0.2, 0) is 0 Å². The topological polar surface area (TPSA) is 35.2 Å². The van der Waals surface area contributed by atoms with Crippen LogP contribution in [0.5, 0.6) is 5.75 Å². The Morgan fingerprint density at radius 2 is 2.20 bits per heavy atom. The normalized spacial score (nSPS) is 12.5. The average Bonchev–Trinajstić information content (AvgIpc) is 2.17. The third kappa shape index (κ3) is 3.78. The third-order valence-electron chi connectivity index (χ3n) is 2.26. The van der Waals surface area contributed by atoms with Gasteiger partial charge in [-0.15, -0.1) is 0 Å². The molecule has 0 amide bonds. The lowest BCUT2D eigenvalue weighted by molar-refractivity contribution is 0.242. The summed E-state index contributed by atoms with van der Waals surface area (Å²) in [6, 6.07) is 4.49.